The maximum absolute atomic E-state index is 10.0. The van der Waals surface area contributed by atoms with Crippen LogP contribution in [0.5, 0.6) is 17.2 Å². The summed E-state index contributed by atoms with van der Waals surface area (Å²) in [7, 11) is 3.28. The molecule has 0 radical (unpaired) electrons. The predicted octanol–water partition coefficient (Wildman–Crippen LogP) is 1.48. The number of hydrogen-bond donors (Lipinski definition) is 2. The molecule has 1 aliphatic heterocycles. The van der Waals surface area contributed by atoms with E-state index in [4.69, 9.17) is 14.2 Å². The zero-order valence-electron chi connectivity index (χ0n) is 15.9. The molecule has 1 fully saturated rings. The number of nitrogens with zero attached hydrogens (tertiary/aromatic N) is 1. The van der Waals surface area contributed by atoms with Gasteiger partial charge in [0.15, 0.2) is 0 Å². The van der Waals surface area contributed by atoms with Crippen LogP contribution in [0.3, 0.4) is 0 Å². The highest BCUT2D eigenvalue weighted by Crippen LogP contribution is 2.21. The first-order chi connectivity index (χ1) is 13.2. The maximum Gasteiger partial charge on any atom is 0.133 e. The number of ether oxygens (including phenoxy) is 3. The minimum atomic E-state index is 0.194. The van der Waals surface area contributed by atoms with Crippen molar-refractivity contribution in [2.45, 2.75) is 6.04 Å². The van der Waals surface area contributed by atoms with Gasteiger partial charge in [-0.05, 0) is 42.5 Å². The van der Waals surface area contributed by atoms with E-state index in [9.17, 15) is 5.11 Å². The first kappa shape index (κ1) is 19.2. The predicted molar refractivity (Wildman–Crippen MR) is 104 cm³/mol. The Hall–Kier alpha value is -2.57. The van der Waals surface area contributed by atoms with E-state index in [2.05, 4.69) is 17.1 Å². The average Bonchev–Trinajstić information content (AvgIpc) is 2.73. The molecule has 1 atom stereocenters. The number of nitrogens with one attached hydrogen (secondary N) is 1. The van der Waals surface area contributed by atoms with E-state index in [1.807, 2.05) is 12.1 Å². The van der Waals surface area contributed by atoms with Crippen molar-refractivity contribution in [1.29, 1.82) is 0 Å². The van der Waals surface area contributed by atoms with E-state index in [0.717, 1.165) is 32.1 Å². The van der Waals surface area contributed by atoms with Gasteiger partial charge in [0.05, 0.1) is 34.0 Å². The van der Waals surface area contributed by atoms with Crippen molar-refractivity contribution in [2.24, 2.45) is 4.99 Å². The minimum Gasteiger partial charge on any atom is -0.507 e. The van der Waals surface area contributed by atoms with Gasteiger partial charge in [0.1, 0.15) is 36.4 Å². The third kappa shape index (κ3) is 4.99. The normalized spacial score (nSPS) is 16.4. The van der Waals surface area contributed by atoms with Crippen LogP contribution >= 0.6 is 0 Å². The number of benzene rings is 2. The SMILES string of the molecule is COc1ccc([C@H](CN=Cc2cc(OC)ccc2O)[NH+]2CCOCC2)cc1. The van der Waals surface area contributed by atoms with Crippen molar-refractivity contribution < 1.29 is 24.2 Å². The smallest absolute Gasteiger partial charge is 0.133 e. The van der Waals surface area contributed by atoms with Gasteiger partial charge in [-0.1, -0.05) is 0 Å². The van der Waals surface area contributed by atoms with Crippen molar-refractivity contribution in [3.63, 3.8) is 0 Å². The Bertz CT molecular complexity index is 755. The lowest BCUT2D eigenvalue weighted by atomic mass is 10.0. The molecule has 2 aromatic carbocycles. The van der Waals surface area contributed by atoms with E-state index < -0.39 is 0 Å². The minimum absolute atomic E-state index is 0.194. The van der Waals surface area contributed by atoms with Crippen molar-refractivity contribution in [2.75, 3.05) is 47.1 Å². The molecular weight excluding hydrogens is 344 g/mol. The summed E-state index contributed by atoms with van der Waals surface area (Å²) in [6, 6.07) is 13.5. The highest BCUT2D eigenvalue weighted by atomic mass is 16.5. The van der Waals surface area contributed by atoms with Crippen molar-refractivity contribution in [1.82, 2.24) is 0 Å². The first-order valence-electron chi connectivity index (χ1n) is 9.14. The van der Waals surface area contributed by atoms with Crippen LogP contribution in [-0.4, -0.2) is 58.4 Å². The summed E-state index contributed by atoms with van der Waals surface area (Å²) in [6.07, 6.45) is 1.72. The second-order valence-corrected chi connectivity index (χ2v) is 6.52. The van der Waals surface area contributed by atoms with Gasteiger partial charge >= 0.3 is 0 Å². The number of phenols is 1. The Morgan fingerprint density at radius 1 is 1.07 bits per heavy atom. The van der Waals surface area contributed by atoms with Gasteiger partial charge in [-0.2, -0.15) is 0 Å². The lowest BCUT2D eigenvalue weighted by Crippen LogP contribution is -3.14. The maximum atomic E-state index is 10.0. The molecule has 0 spiro atoms. The van der Waals surface area contributed by atoms with E-state index in [-0.39, 0.29) is 11.8 Å². The Morgan fingerprint density at radius 3 is 2.41 bits per heavy atom. The molecule has 0 bridgehead atoms. The van der Waals surface area contributed by atoms with E-state index in [1.54, 1.807) is 38.6 Å². The number of aliphatic imine (C=N–C) groups is 1. The molecule has 0 unspecified atom stereocenters. The second kappa shape index (κ2) is 9.39. The number of phenolic OH excluding ortho intramolecular Hbond substituents is 1. The fourth-order valence-electron chi connectivity index (χ4n) is 3.31. The topological polar surface area (TPSA) is 64.7 Å². The van der Waals surface area contributed by atoms with Crippen LogP contribution in [0.25, 0.3) is 0 Å². The molecule has 2 N–H and O–H groups in total. The van der Waals surface area contributed by atoms with Gasteiger partial charge in [0, 0.05) is 17.3 Å². The molecule has 3 rings (SSSR count). The Labute approximate surface area is 160 Å². The van der Waals surface area contributed by atoms with Gasteiger partial charge < -0.3 is 24.2 Å². The summed E-state index contributed by atoms with van der Waals surface area (Å²) in [5.74, 6) is 1.73. The molecule has 0 saturated carbocycles. The quantitative estimate of drug-likeness (QED) is 0.724. The van der Waals surface area contributed by atoms with E-state index in [1.165, 1.54) is 10.5 Å². The molecule has 0 amide bonds. The van der Waals surface area contributed by atoms with E-state index >= 15 is 0 Å². The second-order valence-electron chi connectivity index (χ2n) is 6.52. The number of hydrogen-bond acceptors (Lipinski definition) is 5. The number of quaternary nitrogens is 1. The highest BCUT2D eigenvalue weighted by Gasteiger charge is 2.26. The fourth-order valence-corrected chi connectivity index (χ4v) is 3.31. The third-order valence-electron chi connectivity index (χ3n) is 4.90. The van der Waals surface area contributed by atoms with Gasteiger partial charge in [0.2, 0.25) is 0 Å². The van der Waals surface area contributed by atoms with Crippen LogP contribution in [0.15, 0.2) is 47.5 Å². The molecule has 0 aromatic heterocycles. The Balaban J connectivity index is 1.78. The number of morpholine rings is 1. The van der Waals surface area contributed by atoms with Crippen LogP contribution in [0.2, 0.25) is 0 Å². The van der Waals surface area contributed by atoms with Crippen LogP contribution in [0.1, 0.15) is 17.2 Å². The molecule has 144 valence electrons. The zero-order chi connectivity index (χ0) is 19.1. The fraction of sp³-hybridized carbons (Fsp3) is 0.381. The first-order valence-corrected chi connectivity index (χ1v) is 9.14. The molecule has 1 aliphatic rings. The molecule has 1 saturated heterocycles. The largest absolute Gasteiger partial charge is 0.507 e. The molecule has 0 aliphatic carbocycles. The van der Waals surface area contributed by atoms with Crippen molar-refractivity contribution in [3.05, 3.63) is 53.6 Å². The van der Waals surface area contributed by atoms with Gasteiger partial charge in [-0.3, -0.25) is 4.99 Å². The molecular formula is C21H27N2O4+. The summed E-state index contributed by atoms with van der Waals surface area (Å²) in [4.78, 5) is 6.10. The molecule has 2 aromatic rings. The molecule has 27 heavy (non-hydrogen) atoms. The van der Waals surface area contributed by atoms with Crippen LogP contribution in [0.4, 0.5) is 0 Å². The summed E-state index contributed by atoms with van der Waals surface area (Å²) >= 11 is 0. The van der Waals surface area contributed by atoms with E-state index in [0.29, 0.717) is 17.9 Å². The summed E-state index contributed by atoms with van der Waals surface area (Å²) in [6.45, 7) is 4.07. The average molecular weight is 371 g/mol. The number of methoxy groups -OCH3 is 2. The van der Waals surface area contributed by atoms with Gasteiger partial charge in [-0.15, -0.1) is 0 Å². The lowest BCUT2D eigenvalue weighted by Gasteiger charge is -2.31. The third-order valence-corrected chi connectivity index (χ3v) is 4.90. The van der Waals surface area contributed by atoms with Crippen molar-refractivity contribution in [3.8, 4) is 17.2 Å². The standard InChI is InChI=1S/C21H26N2O4/c1-25-18-5-3-16(4-6-18)20(23-9-11-27-12-10-23)15-22-14-17-13-19(26-2)7-8-21(17)24/h3-8,13-14,20,24H,9-12,15H2,1-2H3/p+1/t20-/m0/s1. The number of aromatic hydroxyl groups is 1. The van der Waals surface area contributed by atoms with Crippen LogP contribution in [-0.2, 0) is 4.74 Å². The zero-order valence-corrected chi connectivity index (χ0v) is 15.9. The lowest BCUT2D eigenvalue weighted by molar-refractivity contribution is -0.937. The monoisotopic (exact) mass is 371 g/mol. The molecule has 6 heteroatoms. The Kier molecular flexibility index (Phi) is 6.68. The summed E-state index contributed by atoms with van der Waals surface area (Å²) in [5.41, 5.74) is 1.87. The summed E-state index contributed by atoms with van der Waals surface area (Å²) in [5, 5.41) is 10.0. The van der Waals surface area contributed by atoms with Crippen molar-refractivity contribution >= 4 is 6.21 Å². The van der Waals surface area contributed by atoms with Gasteiger partial charge in [-0.25, -0.2) is 0 Å². The highest BCUT2D eigenvalue weighted by molar-refractivity contribution is 5.84. The Morgan fingerprint density at radius 2 is 1.74 bits per heavy atom. The molecule has 6 nitrogen and oxygen atoms in total. The molecule has 1 heterocycles. The van der Waals surface area contributed by atoms with Gasteiger partial charge in [0.25, 0.3) is 0 Å². The summed E-state index contributed by atoms with van der Waals surface area (Å²) < 4.78 is 16.0. The van der Waals surface area contributed by atoms with Crippen LogP contribution in [0, 0.1) is 0 Å². The number of rotatable bonds is 7. The van der Waals surface area contributed by atoms with Crippen LogP contribution < -0.4 is 14.4 Å².